The van der Waals surface area contributed by atoms with Crippen LogP contribution < -0.4 is 10.6 Å². The molecule has 1 atom stereocenters. The van der Waals surface area contributed by atoms with E-state index in [0.29, 0.717) is 26.1 Å². The first kappa shape index (κ1) is 32.6. The van der Waals surface area contributed by atoms with E-state index in [0.717, 1.165) is 28.3 Å². The minimum absolute atomic E-state index is 0. The van der Waals surface area contributed by atoms with E-state index in [1.165, 1.54) is 11.1 Å². The van der Waals surface area contributed by atoms with E-state index in [1.807, 2.05) is 85.1 Å². The van der Waals surface area contributed by atoms with E-state index < -0.39 is 6.10 Å². The maximum absolute atomic E-state index is 12.9. The van der Waals surface area contributed by atoms with E-state index in [4.69, 9.17) is 4.98 Å². The molecule has 0 aliphatic carbocycles. The number of aliphatic hydroxyl groups is 1. The minimum atomic E-state index is -0.560. The van der Waals surface area contributed by atoms with E-state index >= 15 is 0 Å². The third kappa shape index (κ3) is 9.29. The number of hydrogen-bond donors (Lipinski definition) is 3. The number of aliphatic hydroxyl groups excluding tert-OH is 1. The molecule has 218 valence electrons. The van der Waals surface area contributed by atoms with Crippen molar-refractivity contribution in [2.24, 2.45) is 0 Å². The highest BCUT2D eigenvalue weighted by molar-refractivity contribution is 5.91. The predicted octanol–water partition coefficient (Wildman–Crippen LogP) is 6.49. The summed E-state index contributed by atoms with van der Waals surface area (Å²) in [4.78, 5) is 17.7. The molecule has 0 saturated carbocycles. The molecule has 0 radical (unpaired) electrons. The second-order valence-electron chi connectivity index (χ2n) is 9.81. The number of nitrogens with zero attached hydrogens (tertiary/aromatic N) is 2. The Labute approximate surface area is 259 Å². The van der Waals surface area contributed by atoms with Crippen LogP contribution in [0.3, 0.4) is 0 Å². The largest absolute Gasteiger partial charge is 0.387 e. The summed E-state index contributed by atoms with van der Waals surface area (Å²) < 4.78 is 2.07. The van der Waals surface area contributed by atoms with E-state index in [1.54, 1.807) is 0 Å². The number of imidazole rings is 1. The third-order valence-corrected chi connectivity index (χ3v) is 6.78. The summed E-state index contributed by atoms with van der Waals surface area (Å²) >= 11 is 0. The van der Waals surface area contributed by atoms with Crippen LogP contribution in [0.15, 0.2) is 121 Å². The minimum Gasteiger partial charge on any atom is -0.387 e. The lowest BCUT2D eigenvalue weighted by molar-refractivity contribution is -0.115. The number of anilines is 1. The summed E-state index contributed by atoms with van der Waals surface area (Å²) in [5.41, 5.74) is 6.05. The summed E-state index contributed by atoms with van der Waals surface area (Å²) in [6.45, 7) is 1.75. The van der Waals surface area contributed by atoms with Gasteiger partial charge in [0.1, 0.15) is 5.82 Å². The summed E-state index contributed by atoms with van der Waals surface area (Å²) in [6.07, 6.45) is 2.34. The average Bonchev–Trinajstić information content (AvgIpc) is 3.37. The lowest BCUT2D eigenvalue weighted by Gasteiger charge is -2.11. The molecule has 8 heteroatoms. The Hall–Kier alpha value is -3.94. The van der Waals surface area contributed by atoms with E-state index in [2.05, 4.69) is 51.6 Å². The average molecular weight is 604 g/mol. The van der Waals surface area contributed by atoms with Gasteiger partial charge in [-0.15, -0.1) is 24.8 Å². The van der Waals surface area contributed by atoms with Gasteiger partial charge < -0.3 is 20.3 Å². The monoisotopic (exact) mass is 602 g/mol. The maximum Gasteiger partial charge on any atom is 0.231 e. The standard InChI is InChI=1S/C34H34N4O2.2ClH/c39-32(29-12-6-2-7-13-29)23-35-21-20-31-25-38(33(36-31)22-34(40)37-30-14-8-3-9-15-30)24-26-16-18-28(19-17-26)27-10-4-1-5-11-27;;/h1-19,25,32,35,39H,20-24H2,(H,37,40);2*1H/t32-;;/m0../s1. The van der Waals surface area contributed by atoms with Gasteiger partial charge in [0.05, 0.1) is 18.2 Å². The lowest BCUT2D eigenvalue weighted by Crippen LogP contribution is -2.23. The van der Waals surface area contributed by atoms with Crippen LogP contribution in [0.2, 0.25) is 0 Å². The van der Waals surface area contributed by atoms with Crippen molar-refractivity contribution in [3.8, 4) is 11.1 Å². The van der Waals surface area contributed by atoms with Crippen LogP contribution in [-0.4, -0.2) is 33.7 Å². The number of nitrogens with one attached hydrogen (secondary N) is 2. The first-order valence-electron chi connectivity index (χ1n) is 13.6. The van der Waals surface area contributed by atoms with Crippen molar-refractivity contribution in [3.05, 3.63) is 144 Å². The molecule has 1 heterocycles. The molecule has 0 aliphatic rings. The van der Waals surface area contributed by atoms with Crippen LogP contribution in [0, 0.1) is 0 Å². The quantitative estimate of drug-likeness (QED) is 0.143. The molecule has 0 unspecified atom stereocenters. The number of carbonyl (C=O) groups is 1. The van der Waals surface area contributed by atoms with Gasteiger partial charge >= 0.3 is 0 Å². The Kier molecular flexibility index (Phi) is 12.8. The first-order chi connectivity index (χ1) is 19.6. The molecule has 0 bridgehead atoms. The van der Waals surface area contributed by atoms with Gasteiger partial charge in [-0.25, -0.2) is 4.98 Å². The summed E-state index contributed by atoms with van der Waals surface area (Å²) in [7, 11) is 0. The Bertz CT molecular complexity index is 1500. The van der Waals surface area contributed by atoms with Crippen molar-refractivity contribution >= 4 is 36.4 Å². The molecule has 6 nitrogen and oxygen atoms in total. The SMILES string of the molecule is Cl.Cl.O=C(Cc1nc(CCNC[C@H](O)c2ccccc2)cn1Cc1ccc(-c2ccccc2)cc1)Nc1ccccc1. The van der Waals surface area contributed by atoms with Crippen LogP contribution in [0.4, 0.5) is 5.69 Å². The number of halogens is 2. The van der Waals surface area contributed by atoms with Crippen LogP contribution in [0.5, 0.6) is 0 Å². The Morgan fingerprint density at radius 3 is 2.05 bits per heavy atom. The van der Waals surface area contributed by atoms with Gasteiger partial charge in [0.25, 0.3) is 0 Å². The number of benzene rings is 4. The zero-order valence-corrected chi connectivity index (χ0v) is 24.9. The van der Waals surface area contributed by atoms with Crippen molar-refractivity contribution in [1.82, 2.24) is 14.9 Å². The topological polar surface area (TPSA) is 79.2 Å². The Morgan fingerprint density at radius 2 is 1.38 bits per heavy atom. The number of hydrogen-bond acceptors (Lipinski definition) is 4. The first-order valence-corrected chi connectivity index (χ1v) is 13.6. The third-order valence-electron chi connectivity index (χ3n) is 6.78. The smallest absolute Gasteiger partial charge is 0.231 e. The molecule has 0 spiro atoms. The number of aromatic nitrogens is 2. The molecule has 42 heavy (non-hydrogen) atoms. The van der Waals surface area contributed by atoms with Crippen LogP contribution in [0.25, 0.3) is 11.1 Å². The van der Waals surface area contributed by atoms with Crippen molar-refractivity contribution in [2.75, 3.05) is 18.4 Å². The van der Waals surface area contributed by atoms with Gasteiger partial charge in [0, 0.05) is 37.9 Å². The molecule has 3 N–H and O–H groups in total. The van der Waals surface area contributed by atoms with Gasteiger partial charge in [-0.1, -0.05) is 103 Å². The summed E-state index contributed by atoms with van der Waals surface area (Å²) in [5, 5.41) is 16.7. The fourth-order valence-electron chi connectivity index (χ4n) is 4.66. The maximum atomic E-state index is 12.9. The molecule has 1 amide bonds. The molecule has 0 saturated heterocycles. The molecule has 1 aromatic heterocycles. The van der Waals surface area contributed by atoms with Gasteiger partial charge in [-0.3, -0.25) is 4.79 Å². The van der Waals surface area contributed by atoms with Crippen molar-refractivity contribution in [3.63, 3.8) is 0 Å². The van der Waals surface area contributed by atoms with Gasteiger partial charge in [-0.05, 0) is 34.4 Å². The Balaban J connectivity index is 0.00000242. The zero-order valence-electron chi connectivity index (χ0n) is 23.2. The molecule has 5 aromatic rings. The van der Waals surface area contributed by atoms with Crippen molar-refractivity contribution < 1.29 is 9.90 Å². The summed E-state index contributed by atoms with van der Waals surface area (Å²) in [5.74, 6) is 0.619. The fraction of sp³-hybridized carbons (Fsp3) is 0.176. The van der Waals surface area contributed by atoms with E-state index in [-0.39, 0.29) is 37.1 Å². The molecule has 4 aromatic carbocycles. The van der Waals surface area contributed by atoms with Gasteiger partial charge in [0.15, 0.2) is 0 Å². The van der Waals surface area contributed by atoms with Crippen LogP contribution in [-0.2, 0) is 24.2 Å². The molecular formula is C34H36Cl2N4O2. The number of rotatable bonds is 12. The van der Waals surface area contributed by atoms with Crippen molar-refractivity contribution in [2.45, 2.75) is 25.5 Å². The highest BCUT2D eigenvalue weighted by Crippen LogP contribution is 2.20. The lowest BCUT2D eigenvalue weighted by atomic mass is 10.0. The number of amides is 1. The van der Waals surface area contributed by atoms with Gasteiger partial charge in [0.2, 0.25) is 5.91 Å². The number of para-hydroxylation sites is 1. The highest BCUT2D eigenvalue weighted by atomic mass is 35.5. The fourth-order valence-corrected chi connectivity index (χ4v) is 4.66. The second-order valence-corrected chi connectivity index (χ2v) is 9.81. The van der Waals surface area contributed by atoms with Crippen LogP contribution >= 0.6 is 24.8 Å². The van der Waals surface area contributed by atoms with Crippen LogP contribution in [0.1, 0.15) is 28.7 Å². The molecule has 5 rings (SSSR count). The molecule has 0 aliphatic heterocycles. The zero-order chi connectivity index (χ0) is 27.6. The molecular weight excluding hydrogens is 567 g/mol. The predicted molar refractivity (Wildman–Crippen MR) is 174 cm³/mol. The Morgan fingerprint density at radius 1 is 0.786 bits per heavy atom. The summed E-state index contributed by atoms with van der Waals surface area (Å²) in [6, 6.07) is 37.9. The molecule has 0 fully saturated rings. The van der Waals surface area contributed by atoms with Crippen molar-refractivity contribution in [1.29, 1.82) is 0 Å². The van der Waals surface area contributed by atoms with Gasteiger partial charge in [-0.2, -0.15) is 0 Å². The normalized spacial score (nSPS) is 11.2. The number of carbonyl (C=O) groups excluding carboxylic acids is 1. The van der Waals surface area contributed by atoms with E-state index in [9.17, 15) is 9.90 Å². The highest BCUT2D eigenvalue weighted by Gasteiger charge is 2.14. The second kappa shape index (κ2) is 16.5.